The van der Waals surface area contributed by atoms with Crippen LogP contribution >= 0.6 is 23.4 Å². The van der Waals surface area contributed by atoms with Gasteiger partial charge in [0.2, 0.25) is 0 Å². The van der Waals surface area contributed by atoms with E-state index in [-0.39, 0.29) is 23.1 Å². The summed E-state index contributed by atoms with van der Waals surface area (Å²) >= 11 is 7.66. The van der Waals surface area contributed by atoms with Gasteiger partial charge in [-0.3, -0.25) is 9.59 Å². The predicted molar refractivity (Wildman–Crippen MR) is 126 cm³/mol. The van der Waals surface area contributed by atoms with Crippen molar-refractivity contribution >= 4 is 40.9 Å². The number of hydrogen-bond acceptors (Lipinski definition) is 6. The monoisotopic (exact) mass is 472 g/mol. The number of ether oxygens (including phenoxy) is 1. The Kier molecular flexibility index (Phi) is 7.99. The second-order valence-electron chi connectivity index (χ2n) is 7.32. The second-order valence-corrected chi connectivity index (χ2v) is 8.52. The molecule has 0 saturated heterocycles. The summed E-state index contributed by atoms with van der Waals surface area (Å²) < 4.78 is 5.55. The summed E-state index contributed by atoms with van der Waals surface area (Å²) in [5.41, 5.74) is 1.87. The number of pyridine rings is 1. The van der Waals surface area contributed by atoms with Gasteiger partial charge in [-0.1, -0.05) is 11.6 Å². The SMILES string of the molecule is CCN(CC)C(=O)COc1ccc(NC(=O)c2cc(C3CC3)nc(SC)c2C#N)cc1Cl. The van der Waals surface area contributed by atoms with Crippen LogP contribution in [0.2, 0.25) is 5.02 Å². The third-order valence-electron chi connectivity index (χ3n) is 5.21. The van der Waals surface area contributed by atoms with Gasteiger partial charge in [-0.15, -0.1) is 11.8 Å². The summed E-state index contributed by atoms with van der Waals surface area (Å²) in [6, 6.07) is 8.63. The van der Waals surface area contributed by atoms with Gasteiger partial charge in [0.05, 0.1) is 16.1 Å². The van der Waals surface area contributed by atoms with Crippen molar-refractivity contribution in [2.24, 2.45) is 0 Å². The molecule has 1 aliphatic carbocycles. The van der Waals surface area contributed by atoms with Crippen LogP contribution in [0.25, 0.3) is 0 Å². The molecule has 3 rings (SSSR count). The highest BCUT2D eigenvalue weighted by atomic mass is 35.5. The largest absolute Gasteiger partial charge is 0.482 e. The number of amides is 2. The first-order chi connectivity index (χ1) is 15.4. The molecular weight excluding hydrogens is 448 g/mol. The van der Waals surface area contributed by atoms with Crippen molar-refractivity contribution in [1.82, 2.24) is 9.88 Å². The molecule has 9 heteroatoms. The van der Waals surface area contributed by atoms with Crippen LogP contribution in [0, 0.1) is 11.3 Å². The Balaban J connectivity index is 1.75. The van der Waals surface area contributed by atoms with E-state index < -0.39 is 5.91 Å². The van der Waals surface area contributed by atoms with Crippen molar-refractivity contribution in [1.29, 1.82) is 5.26 Å². The fourth-order valence-corrected chi connectivity index (χ4v) is 4.06. The normalized spacial score (nSPS) is 12.7. The molecule has 2 amide bonds. The molecule has 1 aromatic heterocycles. The first-order valence-electron chi connectivity index (χ1n) is 10.4. The number of aromatic nitrogens is 1. The molecule has 0 spiro atoms. The maximum Gasteiger partial charge on any atom is 0.260 e. The van der Waals surface area contributed by atoms with E-state index in [0.29, 0.717) is 41.0 Å². The van der Waals surface area contributed by atoms with Gasteiger partial charge in [-0.2, -0.15) is 5.26 Å². The van der Waals surface area contributed by atoms with Gasteiger partial charge < -0.3 is 15.0 Å². The molecule has 1 N–H and O–H groups in total. The molecule has 1 saturated carbocycles. The highest BCUT2D eigenvalue weighted by Crippen LogP contribution is 2.40. The van der Waals surface area contributed by atoms with Gasteiger partial charge in [0.25, 0.3) is 11.8 Å². The van der Waals surface area contributed by atoms with Gasteiger partial charge in [0.15, 0.2) is 6.61 Å². The first-order valence-corrected chi connectivity index (χ1v) is 12.0. The fraction of sp³-hybridized carbons (Fsp3) is 0.391. The molecule has 1 aliphatic rings. The maximum absolute atomic E-state index is 13.0. The Bertz CT molecular complexity index is 1060. The van der Waals surface area contributed by atoms with Crippen LogP contribution in [0.15, 0.2) is 29.3 Å². The Hall–Kier alpha value is -2.76. The topological polar surface area (TPSA) is 95.3 Å². The summed E-state index contributed by atoms with van der Waals surface area (Å²) in [5.74, 6) is 0.182. The van der Waals surface area contributed by atoms with Crippen molar-refractivity contribution in [3.05, 3.63) is 46.1 Å². The Morgan fingerprint density at radius 1 is 1.31 bits per heavy atom. The zero-order valence-electron chi connectivity index (χ0n) is 18.3. The number of anilines is 1. The van der Waals surface area contributed by atoms with Crippen molar-refractivity contribution in [2.75, 3.05) is 31.3 Å². The molecular formula is C23H25ClN4O3S. The molecule has 0 bridgehead atoms. The number of carbonyl (C=O) groups excluding carboxylic acids is 2. The number of rotatable bonds is 9. The van der Waals surface area contributed by atoms with Gasteiger partial charge in [-0.25, -0.2) is 4.98 Å². The number of hydrogen-bond donors (Lipinski definition) is 1. The standard InChI is InChI=1S/C23H25ClN4O3S/c1-4-28(5-2)21(29)13-31-20-9-8-15(10-18(20)24)26-22(30)16-11-19(14-6-7-14)27-23(32-3)17(16)12-25/h8-11,14H,4-7,13H2,1-3H3,(H,26,30). The van der Waals surface area contributed by atoms with Crippen LogP contribution in [0.5, 0.6) is 5.75 Å². The average molecular weight is 473 g/mol. The molecule has 0 radical (unpaired) electrons. The number of carbonyl (C=O) groups is 2. The third kappa shape index (κ3) is 5.53. The highest BCUT2D eigenvalue weighted by Gasteiger charge is 2.28. The average Bonchev–Trinajstić information content (AvgIpc) is 3.63. The van der Waals surface area contributed by atoms with Gasteiger partial charge in [-0.05, 0) is 57.2 Å². The molecule has 1 heterocycles. The minimum Gasteiger partial charge on any atom is -0.482 e. The Morgan fingerprint density at radius 3 is 2.59 bits per heavy atom. The number of halogens is 1. The molecule has 0 atom stereocenters. The lowest BCUT2D eigenvalue weighted by Crippen LogP contribution is -2.34. The van der Waals surface area contributed by atoms with Gasteiger partial charge in [0.1, 0.15) is 16.8 Å². The fourth-order valence-electron chi connectivity index (χ4n) is 3.26. The van der Waals surface area contributed by atoms with Crippen LogP contribution in [-0.2, 0) is 4.79 Å². The maximum atomic E-state index is 13.0. The molecule has 1 fully saturated rings. The van der Waals surface area contributed by atoms with E-state index in [9.17, 15) is 14.9 Å². The summed E-state index contributed by atoms with van der Waals surface area (Å²) in [6.45, 7) is 4.91. The summed E-state index contributed by atoms with van der Waals surface area (Å²) in [4.78, 5) is 31.3. The lowest BCUT2D eigenvalue weighted by atomic mass is 10.1. The summed E-state index contributed by atoms with van der Waals surface area (Å²) in [6.07, 6.45) is 3.92. The third-order valence-corrected chi connectivity index (χ3v) is 6.19. The molecule has 168 valence electrons. The number of nitriles is 1. The first kappa shape index (κ1) is 23.9. The van der Waals surface area contributed by atoms with Crippen LogP contribution in [0.3, 0.4) is 0 Å². The summed E-state index contributed by atoms with van der Waals surface area (Å²) in [5, 5.41) is 13.2. The van der Waals surface area contributed by atoms with Crippen LogP contribution in [0.1, 0.15) is 54.2 Å². The van der Waals surface area contributed by atoms with Crippen molar-refractivity contribution < 1.29 is 14.3 Å². The second kappa shape index (κ2) is 10.7. The molecule has 32 heavy (non-hydrogen) atoms. The van der Waals surface area contributed by atoms with Crippen molar-refractivity contribution in [3.8, 4) is 11.8 Å². The number of nitrogens with zero attached hydrogens (tertiary/aromatic N) is 3. The lowest BCUT2D eigenvalue weighted by molar-refractivity contribution is -0.132. The minimum absolute atomic E-state index is 0.114. The predicted octanol–water partition coefficient (Wildman–Crippen LogP) is 4.71. The highest BCUT2D eigenvalue weighted by molar-refractivity contribution is 7.98. The number of thioether (sulfide) groups is 1. The quantitative estimate of drug-likeness (QED) is 0.531. The van der Waals surface area contributed by atoms with Crippen LogP contribution in [0.4, 0.5) is 5.69 Å². The molecule has 2 aromatic rings. The van der Waals surface area contributed by atoms with Gasteiger partial charge >= 0.3 is 0 Å². The van der Waals surface area contributed by atoms with E-state index in [4.69, 9.17) is 16.3 Å². The molecule has 1 aromatic carbocycles. The summed E-state index contributed by atoms with van der Waals surface area (Å²) in [7, 11) is 0. The van der Waals surface area contributed by atoms with E-state index in [0.717, 1.165) is 18.5 Å². The minimum atomic E-state index is -0.400. The smallest absolute Gasteiger partial charge is 0.260 e. The molecule has 0 aliphatic heterocycles. The van der Waals surface area contributed by atoms with E-state index in [1.165, 1.54) is 11.8 Å². The van der Waals surface area contributed by atoms with E-state index >= 15 is 0 Å². The van der Waals surface area contributed by atoms with Crippen molar-refractivity contribution in [3.63, 3.8) is 0 Å². The van der Waals surface area contributed by atoms with Gasteiger partial charge in [0, 0.05) is 30.4 Å². The zero-order chi connectivity index (χ0) is 23.3. The number of nitrogens with one attached hydrogen (secondary N) is 1. The van der Waals surface area contributed by atoms with E-state index in [1.54, 1.807) is 29.2 Å². The van der Waals surface area contributed by atoms with Crippen LogP contribution < -0.4 is 10.1 Å². The van der Waals surface area contributed by atoms with E-state index in [1.807, 2.05) is 20.1 Å². The number of likely N-dealkylation sites (N-methyl/N-ethyl adjacent to an activating group) is 1. The Labute approximate surface area is 197 Å². The van der Waals surface area contributed by atoms with Crippen molar-refractivity contribution in [2.45, 2.75) is 37.6 Å². The zero-order valence-corrected chi connectivity index (χ0v) is 19.8. The Morgan fingerprint density at radius 2 is 2.03 bits per heavy atom. The molecule has 7 nitrogen and oxygen atoms in total. The molecule has 0 unspecified atom stereocenters. The number of benzene rings is 1. The lowest BCUT2D eigenvalue weighted by Gasteiger charge is -2.19. The van der Waals surface area contributed by atoms with E-state index in [2.05, 4.69) is 16.4 Å². The van der Waals surface area contributed by atoms with Crippen LogP contribution in [-0.4, -0.2) is 47.7 Å².